The highest BCUT2D eigenvalue weighted by atomic mass is 35.5. The summed E-state index contributed by atoms with van der Waals surface area (Å²) >= 11 is 0. The Balaban J connectivity index is 0.00000289. The van der Waals surface area contributed by atoms with Gasteiger partial charge in [0.15, 0.2) is 9.84 Å². The van der Waals surface area contributed by atoms with Crippen LogP contribution in [0.3, 0.4) is 0 Å². The zero-order chi connectivity index (χ0) is 21.8. The number of ether oxygens (including phenoxy) is 1. The second kappa shape index (κ2) is 10.3. The van der Waals surface area contributed by atoms with Crippen molar-refractivity contribution in [3.63, 3.8) is 0 Å². The summed E-state index contributed by atoms with van der Waals surface area (Å²) in [6.45, 7) is 0.0817. The lowest BCUT2D eigenvalue weighted by Crippen LogP contribution is -2.34. The van der Waals surface area contributed by atoms with Gasteiger partial charge in [0.25, 0.3) is 0 Å². The first-order valence-electron chi connectivity index (χ1n) is 9.97. The third kappa shape index (κ3) is 5.01. The van der Waals surface area contributed by atoms with Crippen molar-refractivity contribution in [1.29, 1.82) is 0 Å². The smallest absolute Gasteiger partial charge is 0.323 e. The van der Waals surface area contributed by atoms with Crippen LogP contribution < -0.4 is 5.32 Å². The molecule has 1 aliphatic rings. The van der Waals surface area contributed by atoms with E-state index >= 15 is 0 Å². The van der Waals surface area contributed by atoms with Crippen LogP contribution in [0.15, 0.2) is 89.8 Å². The second-order valence-electron chi connectivity index (χ2n) is 7.44. The minimum atomic E-state index is -3.82. The van der Waals surface area contributed by atoms with Crippen molar-refractivity contribution in [1.82, 2.24) is 5.32 Å². The summed E-state index contributed by atoms with van der Waals surface area (Å²) in [6.07, 6.45) is -0.0101. The van der Waals surface area contributed by atoms with Gasteiger partial charge in [0.05, 0.1) is 16.2 Å². The van der Waals surface area contributed by atoms with E-state index in [1.54, 1.807) is 30.3 Å². The molecule has 0 aliphatic carbocycles. The fourth-order valence-electron chi connectivity index (χ4n) is 3.86. The molecule has 1 saturated heterocycles. The zero-order valence-electron chi connectivity index (χ0n) is 17.1. The first kappa shape index (κ1) is 23.9. The molecule has 8 heteroatoms. The normalized spacial score (nSPS) is 20.3. The molecule has 0 amide bonds. The maximum atomic E-state index is 14.6. The van der Waals surface area contributed by atoms with Gasteiger partial charge in [0, 0.05) is 5.56 Å². The Hall–Kier alpha value is -2.74. The van der Waals surface area contributed by atoms with Crippen LogP contribution in [-0.2, 0) is 26.0 Å². The molecule has 3 aromatic rings. The van der Waals surface area contributed by atoms with E-state index < -0.39 is 39.0 Å². The van der Waals surface area contributed by atoms with Gasteiger partial charge in [-0.2, -0.15) is 0 Å². The quantitative estimate of drug-likeness (QED) is 0.540. The second-order valence-corrected chi connectivity index (χ2v) is 9.61. The zero-order valence-corrected chi connectivity index (χ0v) is 18.7. The SMILES string of the molecule is Cl.O=C(OCc1ccccc1)C1CC(S(=O)(=O)c2ccccc2)C(c2ccccc2F)N1. The molecule has 0 spiro atoms. The highest BCUT2D eigenvalue weighted by Gasteiger charge is 2.46. The van der Waals surface area contributed by atoms with Crippen molar-refractivity contribution < 1.29 is 22.3 Å². The van der Waals surface area contributed by atoms with Crippen LogP contribution in [0.25, 0.3) is 0 Å². The van der Waals surface area contributed by atoms with E-state index in [0.29, 0.717) is 0 Å². The average Bonchev–Trinajstić information content (AvgIpc) is 3.25. The number of carbonyl (C=O) groups is 1. The monoisotopic (exact) mass is 475 g/mol. The molecule has 3 atom stereocenters. The molecule has 3 unspecified atom stereocenters. The number of sulfone groups is 1. The third-order valence-electron chi connectivity index (χ3n) is 5.44. The molecule has 4 rings (SSSR count). The number of hydrogen-bond acceptors (Lipinski definition) is 5. The van der Waals surface area contributed by atoms with Crippen LogP contribution in [0.2, 0.25) is 0 Å². The number of esters is 1. The summed E-state index contributed by atoms with van der Waals surface area (Å²) in [7, 11) is -3.82. The summed E-state index contributed by atoms with van der Waals surface area (Å²) in [4.78, 5) is 12.9. The molecule has 1 N–H and O–H groups in total. The molecule has 1 heterocycles. The fourth-order valence-corrected chi connectivity index (χ4v) is 5.78. The van der Waals surface area contributed by atoms with Gasteiger partial charge in [-0.25, -0.2) is 12.8 Å². The van der Waals surface area contributed by atoms with Crippen LogP contribution in [0, 0.1) is 5.82 Å². The Labute approximate surface area is 192 Å². The van der Waals surface area contributed by atoms with Crippen molar-refractivity contribution in [3.8, 4) is 0 Å². The van der Waals surface area contributed by atoms with E-state index in [4.69, 9.17) is 4.74 Å². The van der Waals surface area contributed by atoms with Crippen LogP contribution >= 0.6 is 12.4 Å². The van der Waals surface area contributed by atoms with Gasteiger partial charge in [0.2, 0.25) is 0 Å². The lowest BCUT2D eigenvalue weighted by molar-refractivity contribution is -0.147. The predicted molar refractivity (Wildman–Crippen MR) is 122 cm³/mol. The number of benzene rings is 3. The minimum absolute atomic E-state index is 0. The molecule has 0 bridgehead atoms. The third-order valence-corrected chi connectivity index (χ3v) is 7.63. The van der Waals surface area contributed by atoms with Crippen molar-refractivity contribution in [2.24, 2.45) is 0 Å². The first-order chi connectivity index (χ1) is 15.0. The predicted octanol–water partition coefficient (Wildman–Crippen LogP) is 4.24. The molecule has 0 radical (unpaired) electrons. The highest BCUT2D eigenvalue weighted by Crippen LogP contribution is 2.36. The molecule has 3 aromatic carbocycles. The highest BCUT2D eigenvalue weighted by molar-refractivity contribution is 7.92. The van der Waals surface area contributed by atoms with E-state index in [-0.39, 0.29) is 35.9 Å². The number of carbonyl (C=O) groups excluding carboxylic acids is 1. The summed E-state index contributed by atoms with van der Waals surface area (Å²) < 4.78 is 46.7. The van der Waals surface area contributed by atoms with Gasteiger partial charge in [-0.15, -0.1) is 12.4 Å². The largest absolute Gasteiger partial charge is 0.460 e. The lowest BCUT2D eigenvalue weighted by atomic mass is 10.0. The van der Waals surface area contributed by atoms with Crippen molar-refractivity contribution in [3.05, 3.63) is 102 Å². The topological polar surface area (TPSA) is 72.5 Å². The van der Waals surface area contributed by atoms with Gasteiger partial charge >= 0.3 is 5.97 Å². The van der Waals surface area contributed by atoms with Crippen LogP contribution in [-0.4, -0.2) is 25.7 Å². The summed E-state index contributed by atoms with van der Waals surface area (Å²) in [6, 6.07) is 21.5. The maximum absolute atomic E-state index is 14.6. The van der Waals surface area contributed by atoms with E-state index in [1.165, 1.54) is 24.3 Å². The molecule has 168 valence electrons. The Morgan fingerprint density at radius 3 is 2.19 bits per heavy atom. The maximum Gasteiger partial charge on any atom is 0.323 e. The number of nitrogens with one attached hydrogen (secondary N) is 1. The van der Waals surface area contributed by atoms with Crippen molar-refractivity contribution >= 4 is 28.2 Å². The molecule has 0 saturated carbocycles. The Morgan fingerprint density at radius 1 is 0.938 bits per heavy atom. The van der Waals surface area contributed by atoms with E-state index in [1.807, 2.05) is 30.3 Å². The Bertz CT molecular complexity index is 1160. The summed E-state index contributed by atoms with van der Waals surface area (Å²) in [5, 5.41) is 2.00. The molecular weight excluding hydrogens is 453 g/mol. The molecular formula is C24H23ClFNO4S. The van der Waals surface area contributed by atoms with Crippen LogP contribution in [0.5, 0.6) is 0 Å². The molecule has 1 fully saturated rings. The number of halogens is 2. The minimum Gasteiger partial charge on any atom is -0.460 e. The molecule has 1 aliphatic heterocycles. The van der Waals surface area contributed by atoms with Gasteiger partial charge in [-0.05, 0) is 30.2 Å². The van der Waals surface area contributed by atoms with Crippen LogP contribution in [0.1, 0.15) is 23.6 Å². The van der Waals surface area contributed by atoms with Crippen LogP contribution in [0.4, 0.5) is 4.39 Å². The molecule has 0 aromatic heterocycles. The first-order valence-corrected chi connectivity index (χ1v) is 11.5. The van der Waals surface area contributed by atoms with Crippen molar-refractivity contribution in [2.75, 3.05) is 0 Å². The Morgan fingerprint density at radius 2 is 1.53 bits per heavy atom. The van der Waals surface area contributed by atoms with Gasteiger partial charge < -0.3 is 4.74 Å². The van der Waals surface area contributed by atoms with Gasteiger partial charge in [-0.3, -0.25) is 10.1 Å². The standard InChI is InChI=1S/C24H22FNO4S.ClH/c25-20-14-8-7-13-19(20)23-22(31(28,29)18-11-5-2-6-12-18)15-21(26-23)24(27)30-16-17-9-3-1-4-10-17;/h1-14,21-23,26H,15-16H2;1H. The molecule has 5 nitrogen and oxygen atoms in total. The van der Waals surface area contributed by atoms with Gasteiger partial charge in [0.1, 0.15) is 18.5 Å². The van der Waals surface area contributed by atoms with E-state index in [2.05, 4.69) is 5.32 Å². The lowest BCUT2D eigenvalue weighted by Gasteiger charge is -2.21. The molecule has 32 heavy (non-hydrogen) atoms. The fraction of sp³-hybridized carbons (Fsp3) is 0.208. The number of rotatable bonds is 6. The van der Waals surface area contributed by atoms with E-state index in [9.17, 15) is 17.6 Å². The number of hydrogen-bond donors (Lipinski definition) is 1. The summed E-state index contributed by atoms with van der Waals surface area (Å²) in [5.41, 5.74) is 1.04. The Kier molecular flexibility index (Phi) is 7.66. The van der Waals surface area contributed by atoms with Gasteiger partial charge in [-0.1, -0.05) is 66.7 Å². The average molecular weight is 476 g/mol. The van der Waals surface area contributed by atoms with Crippen molar-refractivity contribution in [2.45, 2.75) is 35.3 Å². The summed E-state index contributed by atoms with van der Waals surface area (Å²) in [5.74, 6) is -1.08. The van der Waals surface area contributed by atoms with E-state index in [0.717, 1.165) is 5.56 Å².